The smallest absolute Gasteiger partial charge is 0.171 e. The van der Waals surface area contributed by atoms with Crippen molar-refractivity contribution in [1.82, 2.24) is 0 Å². The highest BCUT2D eigenvalue weighted by molar-refractivity contribution is 9.09. The van der Waals surface area contributed by atoms with Crippen molar-refractivity contribution in [3.63, 3.8) is 0 Å². The number of Topliss-reactive ketones (excluding diaryl/α,β-unsaturated/α-hetero) is 2. The largest absolute Gasteiger partial charge is 0.293 e. The monoisotopic (exact) mass is 452 g/mol. The van der Waals surface area contributed by atoms with Gasteiger partial charge in [-0.25, -0.2) is 0 Å². The summed E-state index contributed by atoms with van der Waals surface area (Å²) in [5.41, 5.74) is 2.60. The number of fused-ring (bicyclic) bond motifs is 6. The molecule has 4 unspecified atom stereocenters. The van der Waals surface area contributed by atoms with Crippen LogP contribution in [-0.4, -0.2) is 16.9 Å². The van der Waals surface area contributed by atoms with Gasteiger partial charge >= 0.3 is 0 Å². The van der Waals surface area contributed by atoms with Crippen molar-refractivity contribution in [2.24, 2.45) is 22.7 Å². The number of ketones is 2. The molecule has 0 saturated heterocycles. The van der Waals surface area contributed by atoms with E-state index in [0.29, 0.717) is 17.5 Å². The van der Waals surface area contributed by atoms with Crippen molar-refractivity contribution in [3.8, 4) is 0 Å². The van der Waals surface area contributed by atoms with Gasteiger partial charge in [0, 0.05) is 16.5 Å². The molecule has 0 radical (unpaired) electrons. The molecule has 1 saturated carbocycles. The molecule has 2 nitrogen and oxygen atoms in total. The minimum Gasteiger partial charge on any atom is -0.293 e. The van der Waals surface area contributed by atoms with Crippen LogP contribution in [0.4, 0.5) is 0 Å². The van der Waals surface area contributed by atoms with Gasteiger partial charge in [0.2, 0.25) is 0 Å². The summed E-state index contributed by atoms with van der Waals surface area (Å²) in [4.78, 5) is 27.6. The average Bonchev–Trinajstić information content (AvgIpc) is 3.31. The second-order valence-corrected chi connectivity index (χ2v) is 9.75. The number of halogens is 1. The van der Waals surface area contributed by atoms with Crippen molar-refractivity contribution in [1.29, 1.82) is 0 Å². The zero-order chi connectivity index (χ0) is 20.8. The Labute approximate surface area is 182 Å². The first-order valence-corrected chi connectivity index (χ1v) is 11.7. The molecule has 3 aliphatic carbocycles. The third kappa shape index (κ3) is 2.88. The molecule has 0 aromatic heterocycles. The summed E-state index contributed by atoms with van der Waals surface area (Å²) in [6.07, 6.45) is 12.5. The van der Waals surface area contributed by atoms with E-state index < -0.39 is 10.8 Å². The predicted molar refractivity (Wildman–Crippen MR) is 122 cm³/mol. The lowest BCUT2D eigenvalue weighted by Crippen LogP contribution is -2.56. The molecule has 1 aromatic rings. The van der Waals surface area contributed by atoms with Crippen molar-refractivity contribution >= 4 is 27.5 Å². The summed E-state index contributed by atoms with van der Waals surface area (Å²) in [5, 5.41) is 0.905. The van der Waals surface area contributed by atoms with E-state index in [1.54, 1.807) is 0 Å². The minimum atomic E-state index is -0.638. The van der Waals surface area contributed by atoms with Crippen molar-refractivity contribution < 1.29 is 9.59 Å². The molecule has 3 heteroatoms. The van der Waals surface area contributed by atoms with Crippen LogP contribution in [-0.2, 0) is 0 Å². The number of hydrogen-bond acceptors (Lipinski definition) is 2. The molecule has 4 rings (SSSR count). The van der Waals surface area contributed by atoms with E-state index in [0.717, 1.165) is 24.6 Å². The Morgan fingerprint density at radius 3 is 2.38 bits per heavy atom. The first-order valence-electron chi connectivity index (χ1n) is 10.6. The van der Waals surface area contributed by atoms with Crippen molar-refractivity contribution in [3.05, 3.63) is 70.8 Å². The van der Waals surface area contributed by atoms with Crippen LogP contribution in [0.1, 0.15) is 67.2 Å². The summed E-state index contributed by atoms with van der Waals surface area (Å²) < 4.78 is 0. The molecule has 0 heterocycles. The second-order valence-electron chi connectivity index (χ2n) is 9.19. The van der Waals surface area contributed by atoms with Gasteiger partial charge in [0.05, 0.1) is 10.8 Å². The van der Waals surface area contributed by atoms with Gasteiger partial charge in [0.1, 0.15) is 0 Å². The summed E-state index contributed by atoms with van der Waals surface area (Å²) >= 11 is 3.49. The molecular weight excluding hydrogens is 424 g/mol. The highest BCUT2D eigenvalue weighted by atomic mass is 79.9. The van der Waals surface area contributed by atoms with Crippen LogP contribution in [0.3, 0.4) is 0 Å². The van der Waals surface area contributed by atoms with Crippen LogP contribution in [0.5, 0.6) is 0 Å². The van der Waals surface area contributed by atoms with Crippen LogP contribution in [0.15, 0.2) is 59.7 Å². The van der Waals surface area contributed by atoms with E-state index in [1.165, 1.54) is 11.1 Å². The van der Waals surface area contributed by atoms with Crippen LogP contribution in [0.2, 0.25) is 0 Å². The van der Waals surface area contributed by atoms with E-state index >= 15 is 0 Å². The number of carbonyl (C=O) groups excluding carboxylic acids is 2. The quantitative estimate of drug-likeness (QED) is 0.354. The number of rotatable bonds is 6. The van der Waals surface area contributed by atoms with Gasteiger partial charge in [-0.05, 0) is 51.4 Å². The molecule has 2 bridgehead atoms. The molecule has 0 aliphatic heterocycles. The van der Waals surface area contributed by atoms with E-state index in [9.17, 15) is 9.59 Å². The Balaban J connectivity index is 1.70. The minimum absolute atomic E-state index is 0.155. The predicted octanol–water partition coefficient (Wildman–Crippen LogP) is 6.72. The number of benzene rings is 1. The number of carbonyl (C=O) groups is 2. The summed E-state index contributed by atoms with van der Waals surface area (Å²) in [7, 11) is 0. The zero-order valence-corrected chi connectivity index (χ0v) is 19.1. The molecule has 3 aliphatic rings. The lowest BCUT2D eigenvalue weighted by molar-refractivity contribution is 0.0242. The first kappa shape index (κ1) is 20.5. The Kier molecular flexibility index (Phi) is 5.31. The van der Waals surface area contributed by atoms with Gasteiger partial charge in [-0.2, -0.15) is 0 Å². The first-order chi connectivity index (χ1) is 13.9. The van der Waals surface area contributed by atoms with Gasteiger partial charge in [-0.3, -0.25) is 9.59 Å². The maximum Gasteiger partial charge on any atom is 0.171 e. The summed E-state index contributed by atoms with van der Waals surface area (Å²) in [6.45, 7) is 6.34. The molecule has 0 spiro atoms. The second kappa shape index (κ2) is 7.50. The maximum absolute atomic E-state index is 13.9. The Bertz CT molecular complexity index is 953. The summed E-state index contributed by atoms with van der Waals surface area (Å²) in [6, 6.07) is 7.43. The molecule has 0 amide bonds. The van der Waals surface area contributed by atoms with Crippen molar-refractivity contribution in [2.45, 2.75) is 46.5 Å². The topological polar surface area (TPSA) is 34.1 Å². The van der Waals surface area contributed by atoms with E-state index in [1.807, 2.05) is 24.3 Å². The fourth-order valence-electron chi connectivity index (χ4n) is 5.88. The molecule has 1 fully saturated rings. The Morgan fingerprint density at radius 1 is 1.03 bits per heavy atom. The molecule has 29 heavy (non-hydrogen) atoms. The number of hydrogen-bond donors (Lipinski definition) is 0. The third-order valence-electron chi connectivity index (χ3n) is 7.69. The van der Waals surface area contributed by atoms with Crippen LogP contribution in [0, 0.1) is 22.7 Å². The molecule has 1 aromatic carbocycles. The van der Waals surface area contributed by atoms with E-state index in [-0.39, 0.29) is 23.4 Å². The maximum atomic E-state index is 13.9. The molecule has 152 valence electrons. The summed E-state index contributed by atoms with van der Waals surface area (Å²) in [5.74, 6) is 0.648. The van der Waals surface area contributed by atoms with Crippen LogP contribution >= 0.6 is 15.9 Å². The molecule has 0 N–H and O–H groups in total. The lowest BCUT2D eigenvalue weighted by atomic mass is 9.49. The normalized spacial score (nSPS) is 33.2. The Morgan fingerprint density at radius 2 is 1.69 bits per heavy atom. The number of alkyl halides is 1. The third-order valence-corrected chi connectivity index (χ3v) is 8.58. The van der Waals surface area contributed by atoms with Gasteiger partial charge in [-0.15, -0.1) is 0 Å². The lowest BCUT2D eigenvalue weighted by Gasteiger charge is -2.50. The fourth-order valence-corrected chi connectivity index (χ4v) is 6.11. The standard InChI is InChI=1S/C26H29BrO2/c1-17(7-6-8-18(2)16-27)13-14-26-20-12-11-19(15-20)25(26,3)23(28)21-9-4-5-10-22(21)24(26)29/h4-5,8-13,19-20H,6-7,14-16H2,1-3H3/b17-13+,18-8+. The van der Waals surface area contributed by atoms with Gasteiger partial charge < -0.3 is 0 Å². The van der Waals surface area contributed by atoms with Gasteiger partial charge in [-0.1, -0.05) is 82.6 Å². The molecular formula is C26H29BrO2. The zero-order valence-electron chi connectivity index (χ0n) is 17.5. The van der Waals surface area contributed by atoms with E-state index in [2.05, 4.69) is 61.0 Å². The highest BCUT2D eigenvalue weighted by Gasteiger charge is 2.71. The highest BCUT2D eigenvalue weighted by Crippen LogP contribution is 2.69. The van der Waals surface area contributed by atoms with E-state index in [4.69, 9.17) is 0 Å². The fraction of sp³-hybridized carbons (Fsp3) is 0.462. The van der Waals surface area contributed by atoms with Gasteiger partial charge in [0.25, 0.3) is 0 Å². The van der Waals surface area contributed by atoms with Crippen LogP contribution < -0.4 is 0 Å². The Hall–Kier alpha value is -1.74. The number of allylic oxidation sites excluding steroid dienone is 6. The van der Waals surface area contributed by atoms with Crippen molar-refractivity contribution in [2.75, 3.05) is 5.33 Å². The molecule has 4 atom stereocenters. The van der Waals surface area contributed by atoms with Crippen LogP contribution in [0.25, 0.3) is 0 Å². The SMILES string of the molecule is C/C(=C\CC/C(C)=C/CC12C(=O)c3ccccc3C(=O)C1(C)C1C=CC2C1)CBr. The average molecular weight is 453 g/mol. The van der Waals surface area contributed by atoms with Gasteiger partial charge in [0.15, 0.2) is 11.6 Å².